The Morgan fingerprint density at radius 1 is 1.11 bits per heavy atom. The van der Waals surface area contributed by atoms with Crippen LogP contribution in [0.5, 0.6) is 0 Å². The Labute approximate surface area is 209 Å². The predicted octanol–water partition coefficient (Wildman–Crippen LogP) is 3.50. The van der Waals surface area contributed by atoms with Crippen LogP contribution in [0.1, 0.15) is 40.4 Å². The summed E-state index contributed by atoms with van der Waals surface area (Å²) >= 11 is 0. The molecule has 0 radical (unpaired) electrons. The molecule has 3 heterocycles. The van der Waals surface area contributed by atoms with Gasteiger partial charge in [0.25, 0.3) is 0 Å². The topological polar surface area (TPSA) is 140 Å². The number of anilines is 3. The fourth-order valence-corrected chi connectivity index (χ4v) is 4.99. The number of pyridine rings is 1. The summed E-state index contributed by atoms with van der Waals surface area (Å²) < 4.78 is 32.5. The molecule has 1 fully saturated rings. The van der Waals surface area contributed by atoms with E-state index in [9.17, 15) is 14.7 Å². The second-order valence-corrected chi connectivity index (χ2v) is 9.44. The van der Waals surface area contributed by atoms with Crippen molar-refractivity contribution in [1.29, 1.82) is 0 Å². The Morgan fingerprint density at radius 3 is 2.54 bits per heavy atom. The van der Waals surface area contributed by atoms with Gasteiger partial charge in [0.1, 0.15) is 23.0 Å². The zero-order chi connectivity index (χ0) is 26.0. The highest BCUT2D eigenvalue weighted by atomic mass is 19.1. The van der Waals surface area contributed by atoms with Gasteiger partial charge in [-0.15, -0.1) is 0 Å². The van der Waals surface area contributed by atoms with Gasteiger partial charge in [-0.25, -0.2) is 18.6 Å². The van der Waals surface area contributed by atoms with Gasteiger partial charge < -0.3 is 26.0 Å². The molecular formula is C26H22F2N6O3. The van der Waals surface area contributed by atoms with E-state index in [0.29, 0.717) is 36.3 Å². The molecule has 11 heteroatoms. The highest BCUT2D eigenvalue weighted by Crippen LogP contribution is 2.40. The molecule has 1 aliphatic heterocycles. The Morgan fingerprint density at radius 2 is 1.84 bits per heavy atom. The molecule has 9 nitrogen and oxygen atoms in total. The van der Waals surface area contributed by atoms with Crippen LogP contribution in [0.4, 0.5) is 26.2 Å². The smallest absolute Gasteiger partial charge is 0.341 e. The molecule has 0 atom stereocenters. The van der Waals surface area contributed by atoms with Gasteiger partial charge in [-0.1, -0.05) is 0 Å². The number of rotatable bonds is 5. The lowest BCUT2D eigenvalue weighted by Crippen LogP contribution is -2.21. The number of carbonyl (C=O) groups is 1. The molecule has 5 N–H and O–H groups in total. The number of halogens is 2. The first-order valence-corrected chi connectivity index (χ1v) is 11.8. The largest absolute Gasteiger partial charge is 0.477 e. The third kappa shape index (κ3) is 3.83. The maximum atomic E-state index is 15.5. The zero-order valence-corrected chi connectivity index (χ0v) is 19.5. The second-order valence-electron chi connectivity index (χ2n) is 9.44. The van der Waals surface area contributed by atoms with Crippen LogP contribution in [0.2, 0.25) is 0 Å². The van der Waals surface area contributed by atoms with E-state index < -0.39 is 28.6 Å². The van der Waals surface area contributed by atoms with Crippen LogP contribution in [0.3, 0.4) is 0 Å². The molecular weight excluding hydrogens is 482 g/mol. The van der Waals surface area contributed by atoms with E-state index in [1.165, 1.54) is 18.3 Å². The average Bonchev–Trinajstić information content (AvgIpc) is 3.62. The molecule has 2 aromatic heterocycles. The Hall–Kier alpha value is -4.54. The quantitative estimate of drug-likeness (QED) is 0.375. The van der Waals surface area contributed by atoms with Gasteiger partial charge in [-0.05, 0) is 49.1 Å². The van der Waals surface area contributed by atoms with E-state index in [0.717, 1.165) is 24.5 Å². The number of fused-ring (bicyclic) bond motifs is 2. The SMILES string of the molecule is Nc1ncc(CN2CCc3cc(-c4cc5c(cc4F)c(=O)c(C(=O)O)cn5C4CC4)c(F)cc32)c(N)n1. The maximum absolute atomic E-state index is 15.5. The number of aromatic nitrogens is 3. The minimum atomic E-state index is -1.37. The number of nitrogens with two attached hydrogens (primary N) is 2. The van der Waals surface area contributed by atoms with E-state index >= 15 is 8.78 Å². The first-order valence-electron chi connectivity index (χ1n) is 11.8. The van der Waals surface area contributed by atoms with Crippen LogP contribution >= 0.6 is 0 Å². The highest BCUT2D eigenvalue weighted by molar-refractivity contribution is 5.94. The third-order valence-corrected chi connectivity index (χ3v) is 7.02. The molecule has 0 spiro atoms. The number of hydrogen-bond donors (Lipinski definition) is 3. The van der Waals surface area contributed by atoms with Crippen LogP contribution in [-0.4, -0.2) is 32.2 Å². The summed E-state index contributed by atoms with van der Waals surface area (Å²) in [7, 11) is 0. The van der Waals surface area contributed by atoms with Crippen LogP contribution < -0.4 is 21.8 Å². The van der Waals surface area contributed by atoms with E-state index in [4.69, 9.17) is 11.5 Å². The summed E-state index contributed by atoms with van der Waals surface area (Å²) in [5, 5.41) is 9.40. The predicted molar refractivity (Wildman–Crippen MR) is 134 cm³/mol. The molecule has 188 valence electrons. The van der Waals surface area contributed by atoms with Gasteiger partial charge in [-0.2, -0.15) is 4.98 Å². The summed E-state index contributed by atoms with van der Waals surface area (Å²) in [6.45, 7) is 0.962. The van der Waals surface area contributed by atoms with E-state index in [1.54, 1.807) is 16.8 Å². The lowest BCUT2D eigenvalue weighted by atomic mass is 9.98. The molecule has 6 rings (SSSR count). The highest BCUT2D eigenvalue weighted by Gasteiger charge is 2.29. The standard InChI is InChI=1S/C26H22F2N6O3/c27-19-6-17-22(34(14-1-2-14)11-18(23(17)35)25(36)37)7-16(19)15-5-12-3-4-33(21(12)8-20(15)28)10-13-9-31-26(30)32-24(13)29/h5-9,11,14H,1-4,10H2,(H,36,37)(H4,29,30,31,32). The molecule has 0 unspecified atom stereocenters. The van der Waals surface area contributed by atoms with Crippen molar-refractivity contribution < 1.29 is 18.7 Å². The van der Waals surface area contributed by atoms with Crippen molar-refractivity contribution in [2.45, 2.75) is 31.8 Å². The van der Waals surface area contributed by atoms with Crippen molar-refractivity contribution in [2.24, 2.45) is 0 Å². The van der Waals surface area contributed by atoms with Gasteiger partial charge in [0, 0.05) is 59.3 Å². The molecule has 1 aliphatic carbocycles. The molecule has 37 heavy (non-hydrogen) atoms. The minimum absolute atomic E-state index is 0.0132. The van der Waals surface area contributed by atoms with Crippen molar-refractivity contribution in [2.75, 3.05) is 22.9 Å². The van der Waals surface area contributed by atoms with Crippen LogP contribution in [-0.2, 0) is 13.0 Å². The number of hydrogen-bond acceptors (Lipinski definition) is 7. The molecule has 2 aromatic carbocycles. The summed E-state index contributed by atoms with van der Waals surface area (Å²) in [5.41, 5.74) is 13.0. The molecule has 0 amide bonds. The van der Waals surface area contributed by atoms with Gasteiger partial charge in [0.05, 0.1) is 5.52 Å². The van der Waals surface area contributed by atoms with Crippen molar-refractivity contribution in [3.05, 3.63) is 75.2 Å². The van der Waals surface area contributed by atoms with Crippen LogP contribution in [0.25, 0.3) is 22.0 Å². The second kappa shape index (κ2) is 8.26. The van der Waals surface area contributed by atoms with E-state index in [-0.39, 0.29) is 34.3 Å². The van der Waals surface area contributed by atoms with Gasteiger partial charge >= 0.3 is 5.97 Å². The number of carboxylic acid groups (broad SMARTS) is 1. The van der Waals surface area contributed by atoms with Gasteiger partial charge in [0.15, 0.2) is 0 Å². The zero-order valence-electron chi connectivity index (χ0n) is 19.5. The van der Waals surface area contributed by atoms with Crippen molar-refractivity contribution in [3.8, 4) is 11.1 Å². The van der Waals surface area contributed by atoms with Gasteiger partial charge in [-0.3, -0.25) is 4.79 Å². The van der Waals surface area contributed by atoms with Crippen LogP contribution in [0.15, 0.2) is 41.5 Å². The molecule has 0 saturated heterocycles. The summed E-state index contributed by atoms with van der Waals surface area (Å²) in [6, 6.07) is 5.48. The van der Waals surface area contributed by atoms with Crippen molar-refractivity contribution >= 4 is 34.3 Å². The monoisotopic (exact) mass is 504 g/mol. The van der Waals surface area contributed by atoms with E-state index in [1.807, 2.05) is 4.90 Å². The van der Waals surface area contributed by atoms with Gasteiger partial charge in [0.2, 0.25) is 11.4 Å². The lowest BCUT2D eigenvalue weighted by molar-refractivity contribution is 0.0695. The fraction of sp³-hybridized carbons (Fsp3) is 0.231. The first-order chi connectivity index (χ1) is 17.7. The Kier molecular flexibility index (Phi) is 5.11. The van der Waals surface area contributed by atoms with Crippen molar-refractivity contribution in [3.63, 3.8) is 0 Å². The normalized spacial score (nSPS) is 14.8. The van der Waals surface area contributed by atoms with Crippen LogP contribution in [0, 0.1) is 11.6 Å². The summed E-state index contributed by atoms with van der Waals surface area (Å²) in [4.78, 5) is 34.2. The Balaban J connectivity index is 1.43. The Bertz CT molecular complexity index is 1680. The molecule has 1 saturated carbocycles. The fourth-order valence-electron chi connectivity index (χ4n) is 4.99. The lowest BCUT2D eigenvalue weighted by Gasteiger charge is -2.20. The number of aromatic carboxylic acids is 1. The average molecular weight is 504 g/mol. The molecule has 4 aromatic rings. The number of benzene rings is 2. The molecule has 0 bridgehead atoms. The number of nitrogen functional groups attached to an aromatic ring is 2. The minimum Gasteiger partial charge on any atom is -0.477 e. The third-order valence-electron chi connectivity index (χ3n) is 7.02. The maximum Gasteiger partial charge on any atom is 0.341 e. The molecule has 2 aliphatic rings. The summed E-state index contributed by atoms with van der Waals surface area (Å²) in [5.74, 6) is -2.46. The number of carboxylic acids is 1. The number of nitrogens with zero attached hydrogens (tertiary/aromatic N) is 4. The van der Waals surface area contributed by atoms with Crippen molar-refractivity contribution in [1.82, 2.24) is 14.5 Å². The first kappa shape index (κ1) is 22.9. The van der Waals surface area contributed by atoms with E-state index in [2.05, 4.69) is 9.97 Å². The summed E-state index contributed by atoms with van der Waals surface area (Å²) in [6.07, 6.45) is 5.09.